The van der Waals surface area contributed by atoms with Crippen LogP contribution in [0.3, 0.4) is 0 Å². The largest absolute Gasteiger partial charge is 0.493 e. The number of hydrogen-bond acceptors (Lipinski definition) is 6. The van der Waals surface area contributed by atoms with Crippen LogP contribution < -0.4 is 14.8 Å². The van der Waals surface area contributed by atoms with Gasteiger partial charge in [-0.1, -0.05) is 5.16 Å². The van der Waals surface area contributed by atoms with E-state index in [4.69, 9.17) is 14.3 Å². The van der Waals surface area contributed by atoms with Crippen molar-refractivity contribution in [3.8, 4) is 11.5 Å². The lowest BCUT2D eigenvalue weighted by Gasteiger charge is -2.10. The molecule has 2 aromatic rings. The lowest BCUT2D eigenvalue weighted by molar-refractivity contribution is -0.125. The number of carbonyl (C=O) groups is 2. The van der Waals surface area contributed by atoms with E-state index in [1.807, 2.05) is 6.07 Å². The molecule has 0 fully saturated rings. The number of nitrogens with zero attached hydrogens (tertiary/aromatic N) is 1. The zero-order valence-corrected chi connectivity index (χ0v) is 15.3. The predicted molar refractivity (Wildman–Crippen MR) is 101 cm³/mol. The molecule has 140 valence electrons. The minimum atomic E-state index is -0.722. The van der Waals surface area contributed by atoms with Crippen molar-refractivity contribution in [2.45, 2.75) is 19.4 Å². The first-order valence-electron chi connectivity index (χ1n) is 8.38. The van der Waals surface area contributed by atoms with Gasteiger partial charge in [0.25, 0.3) is 5.91 Å². The van der Waals surface area contributed by atoms with Crippen LogP contribution in [-0.2, 0) is 9.63 Å². The molecule has 1 atom stereocenters. The number of amides is 1. The Balaban J connectivity index is 1.64. The van der Waals surface area contributed by atoms with Gasteiger partial charge in [-0.15, -0.1) is 0 Å². The summed E-state index contributed by atoms with van der Waals surface area (Å²) in [5, 5.41) is 6.80. The molecule has 0 aromatic heterocycles. The van der Waals surface area contributed by atoms with E-state index in [0.717, 1.165) is 5.56 Å². The molecule has 27 heavy (non-hydrogen) atoms. The fourth-order valence-electron chi connectivity index (χ4n) is 2.72. The molecule has 3 rings (SSSR count). The molecule has 0 spiro atoms. The van der Waals surface area contributed by atoms with Gasteiger partial charge in [-0.3, -0.25) is 9.59 Å². The van der Waals surface area contributed by atoms with Crippen molar-refractivity contribution in [3.05, 3.63) is 53.6 Å². The molecule has 0 unspecified atom stereocenters. The number of hydrogen-bond donors (Lipinski definition) is 1. The monoisotopic (exact) mass is 368 g/mol. The summed E-state index contributed by atoms with van der Waals surface area (Å²) < 4.78 is 10.5. The van der Waals surface area contributed by atoms with Crippen molar-refractivity contribution in [2.75, 3.05) is 19.5 Å². The Kier molecular flexibility index (Phi) is 5.40. The summed E-state index contributed by atoms with van der Waals surface area (Å²) in [7, 11) is 3.12. The number of anilines is 1. The van der Waals surface area contributed by atoms with E-state index in [1.54, 1.807) is 50.6 Å². The molecule has 2 aromatic carbocycles. The quantitative estimate of drug-likeness (QED) is 0.792. The smallest absolute Gasteiger partial charge is 0.268 e. The van der Waals surface area contributed by atoms with E-state index in [0.29, 0.717) is 34.9 Å². The first-order chi connectivity index (χ1) is 13.0. The van der Waals surface area contributed by atoms with Gasteiger partial charge in [0.2, 0.25) is 6.10 Å². The van der Waals surface area contributed by atoms with Crippen LogP contribution in [0.15, 0.2) is 47.6 Å². The van der Waals surface area contributed by atoms with Crippen LogP contribution in [0.2, 0.25) is 0 Å². The highest BCUT2D eigenvalue weighted by Gasteiger charge is 2.29. The van der Waals surface area contributed by atoms with Crippen LogP contribution >= 0.6 is 0 Å². The molecule has 7 heteroatoms. The van der Waals surface area contributed by atoms with Crippen molar-refractivity contribution in [3.63, 3.8) is 0 Å². The maximum atomic E-state index is 12.4. The molecule has 0 aliphatic carbocycles. The lowest BCUT2D eigenvalue weighted by atomic mass is 10.0. The van der Waals surface area contributed by atoms with Gasteiger partial charge in [-0.05, 0) is 49.4 Å². The number of nitrogens with one attached hydrogen (secondary N) is 1. The second-order valence-corrected chi connectivity index (χ2v) is 6.03. The van der Waals surface area contributed by atoms with Gasteiger partial charge >= 0.3 is 0 Å². The Bertz CT molecular complexity index is 890. The Morgan fingerprint density at radius 1 is 1.07 bits per heavy atom. The number of rotatable bonds is 6. The minimum Gasteiger partial charge on any atom is -0.493 e. The third-order valence-electron chi connectivity index (χ3n) is 4.24. The number of carbonyl (C=O) groups excluding carboxylic acids is 2. The predicted octanol–water partition coefficient (Wildman–Crippen LogP) is 3.04. The molecule has 0 radical (unpaired) electrons. The highest BCUT2D eigenvalue weighted by Crippen LogP contribution is 2.29. The highest BCUT2D eigenvalue weighted by atomic mass is 16.6. The Labute approximate surface area is 156 Å². The molecule has 0 saturated heterocycles. The summed E-state index contributed by atoms with van der Waals surface area (Å²) in [6, 6.07) is 12.1. The van der Waals surface area contributed by atoms with Crippen molar-refractivity contribution in [1.82, 2.24) is 0 Å². The van der Waals surface area contributed by atoms with Gasteiger partial charge in [0, 0.05) is 23.2 Å². The summed E-state index contributed by atoms with van der Waals surface area (Å²) in [5.41, 5.74) is 2.63. The van der Waals surface area contributed by atoms with Crippen LogP contribution in [0.25, 0.3) is 0 Å². The molecule has 1 aliphatic heterocycles. The number of ether oxygens (including phenoxy) is 2. The van der Waals surface area contributed by atoms with Crippen molar-refractivity contribution in [1.29, 1.82) is 0 Å². The molecule has 7 nitrogen and oxygen atoms in total. The van der Waals surface area contributed by atoms with Crippen molar-refractivity contribution >= 4 is 23.1 Å². The first-order valence-corrected chi connectivity index (χ1v) is 8.38. The number of Topliss-reactive ketones (excluding diaryl/α,β-unsaturated/α-hetero) is 1. The molecular formula is C20H20N2O5. The summed E-state index contributed by atoms with van der Waals surface area (Å²) >= 11 is 0. The van der Waals surface area contributed by atoms with Crippen LogP contribution in [-0.4, -0.2) is 37.7 Å². The number of methoxy groups -OCH3 is 2. The Morgan fingerprint density at radius 2 is 1.78 bits per heavy atom. The summed E-state index contributed by atoms with van der Waals surface area (Å²) in [4.78, 5) is 29.0. The number of ketones is 1. The number of oxime groups is 1. The van der Waals surface area contributed by atoms with E-state index < -0.39 is 6.10 Å². The normalized spacial score (nSPS) is 15.5. The molecule has 0 saturated carbocycles. The average Bonchev–Trinajstić information content (AvgIpc) is 3.18. The van der Waals surface area contributed by atoms with Crippen LogP contribution in [0.4, 0.5) is 5.69 Å². The van der Waals surface area contributed by atoms with E-state index in [1.165, 1.54) is 6.92 Å². The van der Waals surface area contributed by atoms with E-state index in [-0.39, 0.29) is 11.7 Å². The second-order valence-electron chi connectivity index (χ2n) is 6.03. The van der Waals surface area contributed by atoms with Crippen molar-refractivity contribution < 1.29 is 23.9 Å². The lowest BCUT2D eigenvalue weighted by Crippen LogP contribution is -2.28. The third kappa shape index (κ3) is 4.08. The molecule has 1 aliphatic rings. The number of benzene rings is 2. The molecule has 1 amide bonds. The van der Waals surface area contributed by atoms with Gasteiger partial charge in [0.15, 0.2) is 17.3 Å². The summed E-state index contributed by atoms with van der Waals surface area (Å²) in [6.07, 6.45) is -0.382. The molecular weight excluding hydrogens is 348 g/mol. The minimum absolute atomic E-state index is 0.0278. The fraction of sp³-hybridized carbons (Fsp3) is 0.250. The zero-order valence-electron chi connectivity index (χ0n) is 15.3. The molecule has 1 N–H and O–H groups in total. The maximum Gasteiger partial charge on any atom is 0.268 e. The molecule has 0 bridgehead atoms. The topological polar surface area (TPSA) is 86.2 Å². The fourth-order valence-corrected chi connectivity index (χ4v) is 2.72. The van der Waals surface area contributed by atoms with Gasteiger partial charge in [-0.2, -0.15) is 0 Å². The zero-order chi connectivity index (χ0) is 19.4. The average molecular weight is 368 g/mol. The highest BCUT2D eigenvalue weighted by molar-refractivity contribution is 6.06. The Hall–Kier alpha value is -3.35. The van der Waals surface area contributed by atoms with Crippen LogP contribution in [0.1, 0.15) is 29.3 Å². The van der Waals surface area contributed by atoms with Crippen LogP contribution in [0.5, 0.6) is 11.5 Å². The summed E-state index contributed by atoms with van der Waals surface area (Å²) in [6.45, 7) is 1.49. The first kappa shape index (κ1) is 18.4. The van der Waals surface area contributed by atoms with E-state index in [9.17, 15) is 9.59 Å². The maximum absolute atomic E-state index is 12.4. The second kappa shape index (κ2) is 7.90. The SMILES string of the molecule is COc1ccc(C2=NO[C@@H](C(=O)Nc3ccc(C(C)=O)cc3)C2)cc1OC. The van der Waals surface area contributed by atoms with Gasteiger partial charge < -0.3 is 19.6 Å². The van der Waals surface area contributed by atoms with Gasteiger partial charge in [0.1, 0.15) is 0 Å². The van der Waals surface area contributed by atoms with Crippen LogP contribution in [0, 0.1) is 0 Å². The molecule has 1 heterocycles. The van der Waals surface area contributed by atoms with E-state index in [2.05, 4.69) is 10.5 Å². The van der Waals surface area contributed by atoms with Gasteiger partial charge in [-0.25, -0.2) is 0 Å². The third-order valence-corrected chi connectivity index (χ3v) is 4.24. The Morgan fingerprint density at radius 3 is 2.41 bits per heavy atom. The standard InChI is InChI=1S/C20H20N2O5/c1-12(23)13-4-7-15(8-5-13)21-20(24)19-11-16(22-27-19)14-6-9-17(25-2)18(10-14)26-3/h4-10,19H,11H2,1-3H3,(H,21,24)/t19-/m1/s1. The summed E-state index contributed by atoms with van der Waals surface area (Å²) in [5.74, 6) is 0.866. The van der Waals surface area contributed by atoms with Gasteiger partial charge in [0.05, 0.1) is 19.9 Å². The van der Waals surface area contributed by atoms with E-state index >= 15 is 0 Å². The van der Waals surface area contributed by atoms with Crippen molar-refractivity contribution in [2.24, 2.45) is 5.16 Å².